The lowest BCUT2D eigenvalue weighted by molar-refractivity contribution is 0.154. The average Bonchev–Trinajstić information content (AvgIpc) is 3.15. The van der Waals surface area contributed by atoms with Crippen molar-refractivity contribution in [3.05, 3.63) is 11.7 Å². The van der Waals surface area contributed by atoms with Gasteiger partial charge < -0.3 is 19.8 Å². The maximum atomic E-state index is 12.0. The third kappa shape index (κ3) is 3.72. The standard InChI is InChI=1S/C14H24N4O3/c1-9(8-19)18(3)14(20)15-10(2)13-16-12(17-21-13)11-6-4-5-7-11/h9-11,19H,4-8H2,1-3H3,(H,15,20). The molecule has 118 valence electrons. The first-order chi connectivity index (χ1) is 10.0. The summed E-state index contributed by atoms with van der Waals surface area (Å²) >= 11 is 0. The summed E-state index contributed by atoms with van der Waals surface area (Å²) in [7, 11) is 1.64. The van der Waals surface area contributed by atoms with Gasteiger partial charge in [-0.2, -0.15) is 4.98 Å². The summed E-state index contributed by atoms with van der Waals surface area (Å²) in [6, 6.07) is -0.868. The number of aromatic nitrogens is 2. The van der Waals surface area contributed by atoms with Crippen molar-refractivity contribution in [3.63, 3.8) is 0 Å². The molecule has 0 spiro atoms. The Balaban J connectivity index is 1.93. The van der Waals surface area contributed by atoms with Crippen molar-refractivity contribution in [2.24, 2.45) is 0 Å². The van der Waals surface area contributed by atoms with Gasteiger partial charge in [0.1, 0.15) is 6.04 Å². The molecule has 2 rings (SSSR count). The first kappa shape index (κ1) is 15.8. The molecule has 0 radical (unpaired) electrons. The first-order valence-corrected chi connectivity index (χ1v) is 7.50. The zero-order valence-electron chi connectivity index (χ0n) is 12.9. The Morgan fingerprint density at radius 2 is 2.14 bits per heavy atom. The number of likely N-dealkylation sites (N-methyl/N-ethyl adjacent to an activating group) is 1. The first-order valence-electron chi connectivity index (χ1n) is 7.50. The maximum Gasteiger partial charge on any atom is 0.318 e. The van der Waals surface area contributed by atoms with Gasteiger partial charge in [0.15, 0.2) is 5.82 Å². The lowest BCUT2D eigenvalue weighted by atomic mass is 10.1. The molecule has 1 aliphatic rings. The molecule has 2 N–H and O–H groups in total. The number of rotatable bonds is 5. The smallest absolute Gasteiger partial charge is 0.318 e. The minimum Gasteiger partial charge on any atom is -0.394 e. The van der Waals surface area contributed by atoms with E-state index in [-0.39, 0.29) is 24.7 Å². The van der Waals surface area contributed by atoms with E-state index >= 15 is 0 Å². The topological polar surface area (TPSA) is 91.5 Å². The highest BCUT2D eigenvalue weighted by molar-refractivity contribution is 5.74. The van der Waals surface area contributed by atoms with Crippen molar-refractivity contribution in [1.82, 2.24) is 20.4 Å². The van der Waals surface area contributed by atoms with Gasteiger partial charge in [-0.05, 0) is 26.7 Å². The Morgan fingerprint density at radius 1 is 1.48 bits per heavy atom. The van der Waals surface area contributed by atoms with Crippen LogP contribution in [0.4, 0.5) is 4.79 Å². The van der Waals surface area contributed by atoms with Gasteiger partial charge >= 0.3 is 6.03 Å². The lowest BCUT2D eigenvalue weighted by Gasteiger charge is -2.24. The molecule has 2 unspecified atom stereocenters. The van der Waals surface area contributed by atoms with Gasteiger partial charge in [0.25, 0.3) is 0 Å². The molecule has 2 atom stereocenters. The molecule has 0 saturated heterocycles. The van der Waals surface area contributed by atoms with E-state index in [1.54, 1.807) is 20.9 Å². The number of aliphatic hydroxyl groups excluding tert-OH is 1. The number of amides is 2. The summed E-state index contributed by atoms with van der Waals surface area (Å²) < 4.78 is 5.26. The van der Waals surface area contributed by atoms with E-state index in [1.165, 1.54) is 17.7 Å². The molecule has 1 aromatic heterocycles. The molecule has 1 aromatic rings. The van der Waals surface area contributed by atoms with Crippen LogP contribution in [0.2, 0.25) is 0 Å². The zero-order valence-corrected chi connectivity index (χ0v) is 12.9. The molecule has 1 aliphatic carbocycles. The van der Waals surface area contributed by atoms with E-state index in [0.29, 0.717) is 11.8 Å². The Kier molecular flexibility index (Phi) is 5.17. The zero-order chi connectivity index (χ0) is 15.4. The van der Waals surface area contributed by atoms with Crippen LogP contribution >= 0.6 is 0 Å². The normalized spacial score (nSPS) is 18.5. The molecule has 1 saturated carbocycles. The summed E-state index contributed by atoms with van der Waals surface area (Å²) in [5, 5.41) is 15.9. The van der Waals surface area contributed by atoms with Crippen LogP contribution < -0.4 is 5.32 Å². The molecule has 0 aliphatic heterocycles. The second-order valence-corrected chi connectivity index (χ2v) is 5.79. The molecule has 7 nitrogen and oxygen atoms in total. The van der Waals surface area contributed by atoms with E-state index in [1.807, 2.05) is 0 Å². The molecule has 1 fully saturated rings. The molecular weight excluding hydrogens is 272 g/mol. The number of aliphatic hydroxyl groups is 1. The number of hydrogen-bond acceptors (Lipinski definition) is 5. The Hall–Kier alpha value is -1.63. The van der Waals surface area contributed by atoms with Crippen LogP contribution in [0.25, 0.3) is 0 Å². The Bertz CT molecular complexity index is 471. The van der Waals surface area contributed by atoms with Gasteiger partial charge in [-0.25, -0.2) is 4.79 Å². The van der Waals surface area contributed by atoms with Crippen molar-refractivity contribution in [1.29, 1.82) is 0 Å². The van der Waals surface area contributed by atoms with E-state index in [2.05, 4.69) is 15.5 Å². The third-order valence-electron chi connectivity index (χ3n) is 4.13. The second-order valence-electron chi connectivity index (χ2n) is 5.79. The van der Waals surface area contributed by atoms with Crippen molar-refractivity contribution in [2.45, 2.75) is 57.5 Å². The monoisotopic (exact) mass is 296 g/mol. The maximum absolute atomic E-state index is 12.0. The van der Waals surface area contributed by atoms with E-state index < -0.39 is 0 Å². The minimum atomic E-state index is -0.353. The van der Waals surface area contributed by atoms with Crippen molar-refractivity contribution in [2.75, 3.05) is 13.7 Å². The van der Waals surface area contributed by atoms with Crippen molar-refractivity contribution < 1.29 is 14.4 Å². The van der Waals surface area contributed by atoms with Gasteiger partial charge in [-0.1, -0.05) is 18.0 Å². The highest BCUT2D eigenvalue weighted by Gasteiger charge is 2.25. The molecule has 7 heteroatoms. The molecular formula is C14H24N4O3. The highest BCUT2D eigenvalue weighted by Crippen LogP contribution is 2.32. The summed E-state index contributed by atoms with van der Waals surface area (Å²) in [4.78, 5) is 17.9. The fraction of sp³-hybridized carbons (Fsp3) is 0.786. The number of hydrogen-bond donors (Lipinski definition) is 2. The number of nitrogens with zero attached hydrogens (tertiary/aromatic N) is 3. The van der Waals surface area contributed by atoms with Gasteiger partial charge in [-0.15, -0.1) is 0 Å². The summed E-state index contributed by atoms with van der Waals surface area (Å²) in [6.07, 6.45) is 4.64. The van der Waals surface area contributed by atoms with E-state index in [4.69, 9.17) is 9.63 Å². The number of nitrogens with one attached hydrogen (secondary N) is 1. The number of urea groups is 1. The van der Waals surface area contributed by atoms with E-state index in [9.17, 15) is 4.79 Å². The molecule has 1 heterocycles. The van der Waals surface area contributed by atoms with Crippen molar-refractivity contribution in [3.8, 4) is 0 Å². The van der Waals surface area contributed by atoms with Crippen molar-refractivity contribution >= 4 is 6.03 Å². The minimum absolute atomic E-state index is 0.0787. The van der Waals surface area contributed by atoms with Crippen LogP contribution in [0.15, 0.2) is 4.52 Å². The summed E-state index contributed by atoms with van der Waals surface area (Å²) in [5.74, 6) is 1.57. The number of carbonyl (C=O) groups is 1. The Morgan fingerprint density at radius 3 is 2.76 bits per heavy atom. The Labute approximate surface area is 124 Å². The van der Waals surface area contributed by atoms with Gasteiger partial charge in [0.2, 0.25) is 5.89 Å². The van der Waals surface area contributed by atoms with Gasteiger partial charge in [0, 0.05) is 13.0 Å². The predicted molar refractivity (Wildman–Crippen MR) is 76.8 cm³/mol. The SMILES string of the molecule is CC(NC(=O)N(C)C(C)CO)c1nc(C2CCCC2)no1. The highest BCUT2D eigenvalue weighted by atomic mass is 16.5. The fourth-order valence-electron chi connectivity index (χ4n) is 2.44. The second kappa shape index (κ2) is 6.89. The van der Waals surface area contributed by atoms with Crippen LogP contribution in [0.3, 0.4) is 0 Å². The van der Waals surface area contributed by atoms with Crippen LogP contribution in [0, 0.1) is 0 Å². The summed E-state index contributed by atoms with van der Waals surface area (Å²) in [5.41, 5.74) is 0. The third-order valence-corrected chi connectivity index (χ3v) is 4.13. The van der Waals surface area contributed by atoms with E-state index in [0.717, 1.165) is 18.7 Å². The summed E-state index contributed by atoms with van der Waals surface area (Å²) in [6.45, 7) is 3.50. The fourth-order valence-corrected chi connectivity index (χ4v) is 2.44. The van der Waals surface area contributed by atoms with Crippen LogP contribution in [-0.2, 0) is 0 Å². The van der Waals surface area contributed by atoms with Crippen LogP contribution in [-0.4, -0.2) is 45.9 Å². The largest absolute Gasteiger partial charge is 0.394 e. The van der Waals surface area contributed by atoms with Crippen LogP contribution in [0.1, 0.15) is 63.2 Å². The predicted octanol–water partition coefficient (Wildman–Crippen LogP) is 1.81. The van der Waals surface area contributed by atoms with Gasteiger partial charge in [-0.3, -0.25) is 0 Å². The molecule has 0 aromatic carbocycles. The van der Waals surface area contributed by atoms with Crippen LogP contribution in [0.5, 0.6) is 0 Å². The quantitative estimate of drug-likeness (QED) is 0.864. The lowest BCUT2D eigenvalue weighted by Crippen LogP contribution is -2.44. The molecule has 0 bridgehead atoms. The molecule has 2 amide bonds. The molecule has 21 heavy (non-hydrogen) atoms. The number of carbonyl (C=O) groups excluding carboxylic acids is 1. The average molecular weight is 296 g/mol. The van der Waals surface area contributed by atoms with Gasteiger partial charge in [0.05, 0.1) is 12.6 Å².